The van der Waals surface area contributed by atoms with Crippen LogP contribution in [0, 0.1) is 0 Å². The van der Waals surface area contributed by atoms with Crippen molar-refractivity contribution in [1.29, 1.82) is 0 Å². The largest absolute Gasteiger partial charge is 0.371 e. The molecule has 0 spiro atoms. The van der Waals surface area contributed by atoms with Crippen molar-refractivity contribution in [3.8, 4) is 11.1 Å². The summed E-state index contributed by atoms with van der Waals surface area (Å²) in [5.74, 6) is 0. The van der Waals surface area contributed by atoms with Crippen LogP contribution in [0.4, 0.5) is 5.69 Å². The number of hydrogen-bond donors (Lipinski definition) is 0. The van der Waals surface area contributed by atoms with Crippen molar-refractivity contribution in [3.05, 3.63) is 48.5 Å². The van der Waals surface area contributed by atoms with Gasteiger partial charge < -0.3 is 4.90 Å². The summed E-state index contributed by atoms with van der Waals surface area (Å²) >= 11 is 1.85. The lowest BCUT2D eigenvalue weighted by Crippen LogP contribution is -2.18. The molecule has 0 N–H and O–H groups in total. The van der Waals surface area contributed by atoms with Crippen molar-refractivity contribution in [2.45, 2.75) is 17.7 Å². The Hall–Kier alpha value is -1.41. The first kappa shape index (κ1) is 12.6. The van der Waals surface area contributed by atoms with E-state index in [1.54, 1.807) is 0 Å². The Morgan fingerprint density at radius 1 is 0.895 bits per heavy atom. The van der Waals surface area contributed by atoms with Crippen molar-refractivity contribution in [3.63, 3.8) is 0 Å². The summed E-state index contributed by atoms with van der Waals surface area (Å²) < 4.78 is 0. The molecule has 0 aliphatic carbocycles. The summed E-state index contributed by atoms with van der Waals surface area (Å²) in [6.07, 6.45) is 4.83. The van der Waals surface area contributed by atoms with Crippen molar-refractivity contribution in [2.75, 3.05) is 24.2 Å². The molecule has 0 atom stereocenters. The number of hydrogen-bond acceptors (Lipinski definition) is 2. The number of nitrogens with zero attached hydrogens (tertiary/aromatic N) is 1. The maximum atomic E-state index is 2.51. The van der Waals surface area contributed by atoms with Crippen molar-refractivity contribution in [1.82, 2.24) is 0 Å². The van der Waals surface area contributed by atoms with Gasteiger partial charge in [-0.25, -0.2) is 0 Å². The first-order valence-corrected chi connectivity index (χ1v) is 8.09. The fourth-order valence-electron chi connectivity index (χ4n) is 2.71. The highest BCUT2D eigenvalue weighted by atomic mass is 32.2. The molecule has 98 valence electrons. The van der Waals surface area contributed by atoms with Gasteiger partial charge in [0.25, 0.3) is 0 Å². The van der Waals surface area contributed by atoms with Gasteiger partial charge >= 0.3 is 0 Å². The molecule has 1 nitrogen and oxygen atoms in total. The van der Waals surface area contributed by atoms with Crippen LogP contribution in [0.5, 0.6) is 0 Å². The lowest BCUT2D eigenvalue weighted by molar-refractivity contribution is 0.949. The molecule has 1 aliphatic rings. The highest BCUT2D eigenvalue weighted by Gasteiger charge is 2.15. The van der Waals surface area contributed by atoms with E-state index in [9.17, 15) is 0 Å². The van der Waals surface area contributed by atoms with Crippen LogP contribution in [0.1, 0.15) is 12.8 Å². The van der Waals surface area contributed by atoms with E-state index in [4.69, 9.17) is 0 Å². The maximum absolute atomic E-state index is 2.51. The third-order valence-corrected chi connectivity index (χ3v) is 4.50. The summed E-state index contributed by atoms with van der Waals surface area (Å²) in [5.41, 5.74) is 4.02. The van der Waals surface area contributed by atoms with E-state index in [0.717, 1.165) is 0 Å². The first-order chi connectivity index (χ1) is 9.38. The smallest absolute Gasteiger partial charge is 0.0504 e. The molecule has 0 amide bonds. The number of benzene rings is 2. The highest BCUT2D eigenvalue weighted by molar-refractivity contribution is 7.98. The Morgan fingerprint density at radius 2 is 1.63 bits per heavy atom. The van der Waals surface area contributed by atoms with E-state index in [-0.39, 0.29) is 0 Å². The molecule has 2 aromatic rings. The topological polar surface area (TPSA) is 3.24 Å². The third kappa shape index (κ3) is 2.64. The van der Waals surface area contributed by atoms with Crippen LogP contribution in [-0.2, 0) is 0 Å². The lowest BCUT2D eigenvalue weighted by Gasteiger charge is -2.21. The summed E-state index contributed by atoms with van der Waals surface area (Å²) in [7, 11) is 0. The van der Waals surface area contributed by atoms with Crippen molar-refractivity contribution < 1.29 is 0 Å². The van der Waals surface area contributed by atoms with E-state index in [1.165, 1.54) is 47.6 Å². The monoisotopic (exact) mass is 269 g/mol. The summed E-state index contributed by atoms with van der Waals surface area (Å²) in [5, 5.41) is 0. The Balaban J connectivity index is 1.97. The average Bonchev–Trinajstić information content (AvgIpc) is 3.01. The second-order valence-corrected chi connectivity index (χ2v) is 5.79. The lowest BCUT2D eigenvalue weighted by atomic mass is 10.1. The summed E-state index contributed by atoms with van der Waals surface area (Å²) in [6.45, 7) is 2.41. The van der Waals surface area contributed by atoms with Gasteiger partial charge in [0.1, 0.15) is 0 Å². The predicted octanol–water partition coefficient (Wildman–Crippen LogP) is 4.68. The minimum Gasteiger partial charge on any atom is -0.371 e. The number of rotatable bonds is 3. The van der Waals surface area contributed by atoms with Crippen LogP contribution in [-0.4, -0.2) is 19.3 Å². The second-order valence-electron chi connectivity index (χ2n) is 4.95. The van der Waals surface area contributed by atoms with Crippen LogP contribution in [0.25, 0.3) is 11.1 Å². The molecule has 0 unspecified atom stereocenters. The standard InChI is InChI=1S/C17H19NS/c1-19-17-13-15(14-7-3-2-4-8-14)9-10-16(17)18-11-5-6-12-18/h2-4,7-10,13H,5-6,11-12H2,1H3. The molecule has 19 heavy (non-hydrogen) atoms. The zero-order chi connectivity index (χ0) is 13.1. The Morgan fingerprint density at radius 3 is 2.32 bits per heavy atom. The van der Waals surface area contributed by atoms with Gasteiger partial charge in [-0.15, -0.1) is 11.8 Å². The predicted molar refractivity (Wildman–Crippen MR) is 85.1 cm³/mol. The molecule has 1 heterocycles. The molecule has 0 saturated carbocycles. The normalized spacial score (nSPS) is 14.9. The molecule has 1 saturated heterocycles. The quantitative estimate of drug-likeness (QED) is 0.745. The molecule has 1 fully saturated rings. The Kier molecular flexibility index (Phi) is 3.79. The summed E-state index contributed by atoms with van der Waals surface area (Å²) in [6, 6.07) is 17.5. The molecule has 0 aromatic heterocycles. The maximum Gasteiger partial charge on any atom is 0.0504 e. The number of thioether (sulfide) groups is 1. The van der Waals surface area contributed by atoms with Gasteiger partial charge in [-0.05, 0) is 42.4 Å². The zero-order valence-electron chi connectivity index (χ0n) is 11.3. The fourth-order valence-corrected chi connectivity index (χ4v) is 3.36. The fraction of sp³-hybridized carbons (Fsp3) is 0.294. The van der Waals surface area contributed by atoms with Crippen LogP contribution < -0.4 is 4.90 Å². The van der Waals surface area contributed by atoms with Crippen LogP contribution >= 0.6 is 11.8 Å². The molecule has 2 heteroatoms. The van der Waals surface area contributed by atoms with E-state index >= 15 is 0 Å². The van der Waals surface area contributed by atoms with Gasteiger partial charge in [0, 0.05) is 18.0 Å². The first-order valence-electron chi connectivity index (χ1n) is 6.87. The van der Waals surface area contributed by atoms with Gasteiger partial charge in [0.2, 0.25) is 0 Å². The minimum atomic E-state index is 1.21. The highest BCUT2D eigenvalue weighted by Crippen LogP contribution is 2.34. The Bertz CT molecular complexity index is 544. The minimum absolute atomic E-state index is 1.21. The third-order valence-electron chi connectivity index (χ3n) is 3.73. The number of anilines is 1. The van der Waals surface area contributed by atoms with E-state index in [1.807, 2.05) is 11.8 Å². The molecule has 3 rings (SSSR count). The molecule has 2 aromatic carbocycles. The van der Waals surface area contributed by atoms with E-state index in [2.05, 4.69) is 59.7 Å². The Labute approximate surface area is 119 Å². The average molecular weight is 269 g/mol. The van der Waals surface area contributed by atoms with Gasteiger partial charge in [0.15, 0.2) is 0 Å². The molecule has 0 radical (unpaired) electrons. The second kappa shape index (κ2) is 5.70. The van der Waals surface area contributed by atoms with Crippen LogP contribution in [0.2, 0.25) is 0 Å². The van der Waals surface area contributed by atoms with E-state index < -0.39 is 0 Å². The summed E-state index contributed by atoms with van der Waals surface area (Å²) in [4.78, 5) is 3.91. The molecular formula is C17H19NS. The van der Waals surface area contributed by atoms with Crippen molar-refractivity contribution >= 4 is 17.4 Å². The molecular weight excluding hydrogens is 250 g/mol. The van der Waals surface area contributed by atoms with Crippen LogP contribution in [0.3, 0.4) is 0 Å². The van der Waals surface area contributed by atoms with E-state index in [0.29, 0.717) is 0 Å². The molecule has 1 aliphatic heterocycles. The van der Waals surface area contributed by atoms with Gasteiger partial charge in [-0.3, -0.25) is 0 Å². The van der Waals surface area contributed by atoms with Gasteiger partial charge in [-0.1, -0.05) is 36.4 Å². The van der Waals surface area contributed by atoms with Crippen molar-refractivity contribution in [2.24, 2.45) is 0 Å². The SMILES string of the molecule is CSc1cc(-c2ccccc2)ccc1N1CCCC1. The van der Waals surface area contributed by atoms with Gasteiger partial charge in [-0.2, -0.15) is 0 Å². The van der Waals surface area contributed by atoms with Gasteiger partial charge in [0.05, 0.1) is 5.69 Å². The zero-order valence-corrected chi connectivity index (χ0v) is 12.1. The van der Waals surface area contributed by atoms with Crippen LogP contribution in [0.15, 0.2) is 53.4 Å². The molecule has 0 bridgehead atoms.